The molecule has 2 atom stereocenters. The Morgan fingerprint density at radius 1 is 1.42 bits per heavy atom. The standard InChI is InChI=1S/C11H23N3O4S/c1-8(2)18-11(15)14-19(16,17)13-7-10-5-4-9(3)12-6-10/h8-10,12-13H,4-7H2,1-3H3,(H,14,15). The van der Waals surface area contributed by atoms with Gasteiger partial charge in [-0.3, -0.25) is 0 Å². The number of hydrogen-bond acceptors (Lipinski definition) is 5. The first-order chi connectivity index (χ1) is 8.78. The number of ether oxygens (including phenoxy) is 1. The molecule has 0 spiro atoms. The van der Waals surface area contributed by atoms with E-state index >= 15 is 0 Å². The molecule has 0 aliphatic carbocycles. The van der Waals surface area contributed by atoms with E-state index < -0.39 is 16.3 Å². The van der Waals surface area contributed by atoms with Gasteiger partial charge in [0.2, 0.25) is 0 Å². The molecule has 8 heteroatoms. The Kier molecular flexibility index (Phi) is 6.02. The highest BCUT2D eigenvalue weighted by molar-refractivity contribution is 7.88. The van der Waals surface area contributed by atoms with E-state index in [9.17, 15) is 13.2 Å². The molecule has 1 saturated heterocycles. The SMILES string of the molecule is CC1CCC(CNS(=O)(=O)NC(=O)OC(C)C)CN1. The van der Waals surface area contributed by atoms with Gasteiger partial charge in [0.1, 0.15) is 0 Å². The first-order valence-electron chi connectivity index (χ1n) is 6.50. The van der Waals surface area contributed by atoms with Crippen LogP contribution in [-0.4, -0.2) is 39.7 Å². The second-order valence-electron chi connectivity index (χ2n) is 5.16. The molecule has 0 aromatic rings. The van der Waals surface area contributed by atoms with Gasteiger partial charge in [-0.15, -0.1) is 0 Å². The van der Waals surface area contributed by atoms with Crippen LogP contribution in [0.1, 0.15) is 33.6 Å². The van der Waals surface area contributed by atoms with Gasteiger partial charge in [0.05, 0.1) is 6.10 Å². The molecular formula is C11H23N3O4S. The first-order valence-corrected chi connectivity index (χ1v) is 7.98. The summed E-state index contributed by atoms with van der Waals surface area (Å²) < 4.78 is 32.1. The third-order valence-corrected chi connectivity index (χ3v) is 3.87. The molecule has 112 valence electrons. The second-order valence-corrected chi connectivity index (χ2v) is 6.66. The summed E-state index contributed by atoms with van der Waals surface area (Å²) >= 11 is 0. The van der Waals surface area contributed by atoms with E-state index in [2.05, 4.69) is 17.0 Å². The lowest BCUT2D eigenvalue weighted by Crippen LogP contribution is -2.46. The van der Waals surface area contributed by atoms with Gasteiger partial charge in [0.25, 0.3) is 0 Å². The maximum absolute atomic E-state index is 11.6. The van der Waals surface area contributed by atoms with Crippen LogP contribution in [0.5, 0.6) is 0 Å². The zero-order valence-electron chi connectivity index (χ0n) is 11.6. The van der Waals surface area contributed by atoms with Crippen molar-refractivity contribution in [2.24, 2.45) is 5.92 Å². The number of carbonyl (C=O) groups excluding carboxylic acids is 1. The van der Waals surface area contributed by atoms with Crippen molar-refractivity contribution in [1.82, 2.24) is 14.8 Å². The van der Waals surface area contributed by atoms with Crippen LogP contribution < -0.4 is 14.8 Å². The van der Waals surface area contributed by atoms with Gasteiger partial charge in [0.15, 0.2) is 0 Å². The Labute approximate surface area is 114 Å². The van der Waals surface area contributed by atoms with Crippen molar-refractivity contribution in [3.05, 3.63) is 0 Å². The molecule has 1 aliphatic heterocycles. The Morgan fingerprint density at radius 3 is 2.63 bits per heavy atom. The molecule has 7 nitrogen and oxygen atoms in total. The fourth-order valence-electron chi connectivity index (χ4n) is 1.84. The highest BCUT2D eigenvalue weighted by atomic mass is 32.2. The molecule has 1 heterocycles. The summed E-state index contributed by atoms with van der Waals surface area (Å²) in [4.78, 5) is 11.2. The van der Waals surface area contributed by atoms with E-state index in [1.54, 1.807) is 13.8 Å². The highest BCUT2D eigenvalue weighted by Gasteiger charge is 2.21. The summed E-state index contributed by atoms with van der Waals surface area (Å²) in [5, 5.41) is 3.29. The summed E-state index contributed by atoms with van der Waals surface area (Å²) in [7, 11) is -3.84. The fraction of sp³-hybridized carbons (Fsp3) is 0.909. The van der Waals surface area contributed by atoms with E-state index in [0.717, 1.165) is 19.4 Å². The quantitative estimate of drug-likeness (QED) is 0.679. The number of amides is 1. The number of rotatable bonds is 5. The van der Waals surface area contributed by atoms with Crippen molar-refractivity contribution in [3.8, 4) is 0 Å². The number of carbonyl (C=O) groups is 1. The van der Waals surface area contributed by atoms with Gasteiger partial charge in [-0.25, -0.2) is 9.52 Å². The van der Waals surface area contributed by atoms with Crippen LogP contribution >= 0.6 is 0 Å². The van der Waals surface area contributed by atoms with Crippen molar-refractivity contribution in [2.45, 2.75) is 45.8 Å². The number of nitrogens with one attached hydrogen (secondary N) is 3. The summed E-state index contributed by atoms with van der Waals surface area (Å²) in [6.07, 6.45) is 0.666. The van der Waals surface area contributed by atoms with Crippen LogP contribution in [0.2, 0.25) is 0 Å². The predicted molar refractivity (Wildman–Crippen MR) is 71.9 cm³/mol. The third-order valence-electron chi connectivity index (χ3n) is 2.89. The maximum atomic E-state index is 11.6. The molecule has 0 saturated carbocycles. The van der Waals surface area contributed by atoms with Gasteiger partial charge in [-0.1, -0.05) is 0 Å². The van der Waals surface area contributed by atoms with Crippen molar-refractivity contribution in [2.75, 3.05) is 13.1 Å². The Bertz CT molecular complexity index is 389. The minimum Gasteiger partial charge on any atom is -0.446 e. The molecule has 3 N–H and O–H groups in total. The molecule has 19 heavy (non-hydrogen) atoms. The molecule has 1 amide bonds. The molecule has 0 aromatic carbocycles. The second kappa shape index (κ2) is 7.06. The van der Waals surface area contributed by atoms with E-state index in [1.165, 1.54) is 0 Å². The van der Waals surface area contributed by atoms with Gasteiger partial charge >= 0.3 is 16.3 Å². The Hall–Kier alpha value is -0.860. The van der Waals surface area contributed by atoms with Gasteiger partial charge in [0, 0.05) is 12.6 Å². The van der Waals surface area contributed by atoms with Crippen molar-refractivity contribution in [3.63, 3.8) is 0 Å². The molecule has 2 unspecified atom stereocenters. The fourth-order valence-corrected chi connectivity index (χ4v) is 2.64. The predicted octanol–water partition coefficient (Wildman–Crippen LogP) is 0.344. The van der Waals surface area contributed by atoms with Gasteiger partial charge in [-0.05, 0) is 46.1 Å². The summed E-state index contributed by atoms with van der Waals surface area (Å²) in [6.45, 7) is 6.48. The van der Waals surface area contributed by atoms with E-state index in [1.807, 2.05) is 4.72 Å². The average molecular weight is 293 g/mol. The van der Waals surface area contributed by atoms with Crippen LogP contribution in [0, 0.1) is 5.92 Å². The zero-order valence-corrected chi connectivity index (χ0v) is 12.4. The lowest BCUT2D eigenvalue weighted by atomic mass is 9.96. The van der Waals surface area contributed by atoms with Gasteiger partial charge < -0.3 is 10.1 Å². The molecule has 1 aliphatic rings. The van der Waals surface area contributed by atoms with Crippen LogP contribution in [0.3, 0.4) is 0 Å². The zero-order chi connectivity index (χ0) is 14.5. The smallest absolute Gasteiger partial charge is 0.422 e. The van der Waals surface area contributed by atoms with Gasteiger partial charge in [-0.2, -0.15) is 13.1 Å². The number of hydrogen-bond donors (Lipinski definition) is 3. The minimum atomic E-state index is -3.84. The topological polar surface area (TPSA) is 96.5 Å². The molecule has 0 radical (unpaired) electrons. The normalized spacial score (nSPS) is 24.2. The van der Waals surface area contributed by atoms with Crippen molar-refractivity contribution in [1.29, 1.82) is 0 Å². The largest absolute Gasteiger partial charge is 0.446 e. The molecule has 1 fully saturated rings. The van der Waals surface area contributed by atoms with E-state index in [4.69, 9.17) is 4.74 Å². The van der Waals surface area contributed by atoms with Crippen LogP contribution in [0.25, 0.3) is 0 Å². The van der Waals surface area contributed by atoms with Crippen LogP contribution in [0.4, 0.5) is 4.79 Å². The minimum absolute atomic E-state index is 0.244. The molecular weight excluding hydrogens is 270 g/mol. The Morgan fingerprint density at radius 2 is 2.11 bits per heavy atom. The Balaban J connectivity index is 2.32. The van der Waals surface area contributed by atoms with Crippen LogP contribution in [0.15, 0.2) is 0 Å². The lowest BCUT2D eigenvalue weighted by Gasteiger charge is -2.27. The molecule has 1 rings (SSSR count). The maximum Gasteiger partial charge on any atom is 0.422 e. The molecule has 0 aromatic heterocycles. The first kappa shape index (κ1) is 16.2. The monoisotopic (exact) mass is 293 g/mol. The van der Waals surface area contributed by atoms with Crippen LogP contribution in [-0.2, 0) is 14.9 Å². The highest BCUT2D eigenvalue weighted by Crippen LogP contribution is 2.13. The van der Waals surface area contributed by atoms with Crippen molar-refractivity contribution >= 4 is 16.3 Å². The third kappa shape index (κ3) is 6.74. The lowest BCUT2D eigenvalue weighted by molar-refractivity contribution is 0.121. The average Bonchev–Trinajstić information content (AvgIpc) is 2.26. The van der Waals surface area contributed by atoms with E-state index in [0.29, 0.717) is 12.6 Å². The summed E-state index contributed by atoms with van der Waals surface area (Å²) in [5.74, 6) is 0.244. The summed E-state index contributed by atoms with van der Waals surface area (Å²) in [6, 6.07) is 0.479. The number of piperidine rings is 1. The summed E-state index contributed by atoms with van der Waals surface area (Å²) in [5.41, 5.74) is 0. The van der Waals surface area contributed by atoms with Crippen molar-refractivity contribution < 1.29 is 17.9 Å². The molecule has 0 bridgehead atoms. The van der Waals surface area contributed by atoms with E-state index in [-0.39, 0.29) is 12.0 Å².